The molecule has 1 amide bonds. The molecule has 1 saturated heterocycles. The summed E-state index contributed by atoms with van der Waals surface area (Å²) in [5.74, 6) is -3.18. The molecule has 3 aromatic carbocycles. The zero-order valence-electron chi connectivity index (χ0n) is 21.9. The molecule has 214 valence electrons. The standard InChI is InChI=1S/C29H20Cl2FN3O5S2/c1-14-3-4-17(11-21(14)32)24(36)22-23(15-5-7-16(8-6-15)27(39)40-2)35(26(38)25(22)37)28-33-34-29(42-28)41-13-18-9-10-19(30)12-20(18)31/h3-12,23,36H,13H2,1-2H3/b24-22-. The van der Waals surface area contributed by atoms with Gasteiger partial charge in [-0.15, -0.1) is 10.2 Å². The molecule has 4 aromatic rings. The third kappa shape index (κ3) is 5.78. The van der Waals surface area contributed by atoms with Crippen molar-refractivity contribution in [3.63, 3.8) is 0 Å². The summed E-state index contributed by atoms with van der Waals surface area (Å²) in [7, 11) is 1.25. The molecule has 1 aliphatic rings. The number of carbonyl (C=O) groups excluding carboxylic acids is 3. The molecule has 1 aromatic heterocycles. The molecule has 2 heterocycles. The van der Waals surface area contributed by atoms with Crippen LogP contribution in [0, 0.1) is 12.7 Å². The number of carbonyl (C=O) groups is 3. The minimum Gasteiger partial charge on any atom is -0.507 e. The van der Waals surface area contributed by atoms with Gasteiger partial charge in [-0.2, -0.15) is 0 Å². The predicted molar refractivity (Wildman–Crippen MR) is 160 cm³/mol. The van der Waals surface area contributed by atoms with Gasteiger partial charge in [0.25, 0.3) is 5.78 Å². The summed E-state index contributed by atoms with van der Waals surface area (Å²) in [5, 5.41) is 20.7. The molecule has 42 heavy (non-hydrogen) atoms. The molecule has 13 heteroatoms. The first-order valence-corrected chi connectivity index (χ1v) is 14.8. The molecule has 5 rings (SSSR count). The molecule has 1 unspecified atom stereocenters. The van der Waals surface area contributed by atoms with Gasteiger partial charge in [0.05, 0.1) is 24.3 Å². The fourth-order valence-electron chi connectivity index (χ4n) is 4.30. The van der Waals surface area contributed by atoms with E-state index in [0.717, 1.165) is 27.9 Å². The number of hydrogen-bond acceptors (Lipinski definition) is 9. The maximum Gasteiger partial charge on any atom is 0.337 e. The summed E-state index contributed by atoms with van der Waals surface area (Å²) < 4.78 is 19.6. The molecule has 0 spiro atoms. The van der Waals surface area contributed by atoms with E-state index in [2.05, 4.69) is 10.2 Å². The largest absolute Gasteiger partial charge is 0.507 e. The van der Waals surface area contributed by atoms with Gasteiger partial charge >= 0.3 is 11.9 Å². The van der Waals surface area contributed by atoms with E-state index < -0.39 is 35.3 Å². The number of aliphatic hydroxyl groups excluding tert-OH is 1. The maximum atomic E-state index is 14.4. The van der Waals surface area contributed by atoms with Gasteiger partial charge in [0.1, 0.15) is 11.6 Å². The van der Waals surface area contributed by atoms with Crippen LogP contribution in [0.3, 0.4) is 0 Å². The monoisotopic (exact) mass is 643 g/mol. The number of thioether (sulfide) groups is 1. The summed E-state index contributed by atoms with van der Waals surface area (Å²) in [5.41, 5.74) is 1.58. The number of aryl methyl sites for hydroxylation is 1. The van der Waals surface area contributed by atoms with Crippen LogP contribution in [-0.4, -0.2) is 40.1 Å². The molecule has 1 fully saturated rings. The van der Waals surface area contributed by atoms with Crippen molar-refractivity contribution in [2.45, 2.75) is 23.1 Å². The number of anilines is 1. The van der Waals surface area contributed by atoms with Gasteiger partial charge in [-0.3, -0.25) is 14.5 Å². The van der Waals surface area contributed by atoms with Crippen molar-refractivity contribution < 1.29 is 28.6 Å². The lowest BCUT2D eigenvalue weighted by Crippen LogP contribution is -2.29. The number of aromatic nitrogens is 2. The van der Waals surface area contributed by atoms with Crippen LogP contribution in [0.25, 0.3) is 5.76 Å². The van der Waals surface area contributed by atoms with Crippen molar-refractivity contribution in [1.82, 2.24) is 10.2 Å². The smallest absolute Gasteiger partial charge is 0.337 e. The number of rotatable bonds is 7. The number of ether oxygens (including phenoxy) is 1. The van der Waals surface area contributed by atoms with Crippen LogP contribution in [0.2, 0.25) is 10.0 Å². The van der Waals surface area contributed by atoms with Crippen molar-refractivity contribution in [2.24, 2.45) is 0 Å². The summed E-state index contributed by atoms with van der Waals surface area (Å²) in [4.78, 5) is 40.0. The second-order valence-electron chi connectivity index (χ2n) is 9.12. The highest BCUT2D eigenvalue weighted by molar-refractivity contribution is 8.00. The molecule has 1 atom stereocenters. The third-order valence-electron chi connectivity index (χ3n) is 6.51. The lowest BCUT2D eigenvalue weighted by Gasteiger charge is -2.22. The Labute approximate surface area is 257 Å². The van der Waals surface area contributed by atoms with E-state index in [1.165, 1.54) is 55.3 Å². The molecule has 1 aliphatic heterocycles. The van der Waals surface area contributed by atoms with E-state index in [-0.39, 0.29) is 21.8 Å². The molecule has 0 bridgehead atoms. The van der Waals surface area contributed by atoms with E-state index in [1.54, 1.807) is 25.1 Å². The topological polar surface area (TPSA) is 110 Å². The van der Waals surface area contributed by atoms with Gasteiger partial charge in [0.15, 0.2) is 4.34 Å². The Kier molecular flexibility index (Phi) is 8.65. The molecular weight excluding hydrogens is 624 g/mol. The zero-order chi connectivity index (χ0) is 30.1. The summed E-state index contributed by atoms with van der Waals surface area (Å²) >= 11 is 14.7. The van der Waals surface area contributed by atoms with Crippen LogP contribution in [-0.2, 0) is 20.1 Å². The highest BCUT2D eigenvalue weighted by Crippen LogP contribution is 2.44. The Morgan fingerprint density at radius 1 is 1.07 bits per heavy atom. The first-order valence-electron chi connectivity index (χ1n) is 12.2. The summed E-state index contributed by atoms with van der Waals surface area (Å²) in [6.07, 6.45) is 0. The molecule has 0 radical (unpaired) electrons. The van der Waals surface area contributed by atoms with Crippen molar-refractivity contribution in [1.29, 1.82) is 0 Å². The van der Waals surface area contributed by atoms with Crippen molar-refractivity contribution >= 4 is 74.9 Å². The Morgan fingerprint density at radius 2 is 1.79 bits per heavy atom. The van der Waals surface area contributed by atoms with E-state index in [1.807, 2.05) is 0 Å². The number of methoxy groups -OCH3 is 1. The first-order chi connectivity index (χ1) is 20.1. The maximum absolute atomic E-state index is 14.4. The van der Waals surface area contributed by atoms with Gasteiger partial charge in [-0.1, -0.05) is 76.6 Å². The van der Waals surface area contributed by atoms with Crippen LogP contribution in [0.15, 0.2) is 70.6 Å². The average Bonchev–Trinajstić information content (AvgIpc) is 3.55. The van der Waals surface area contributed by atoms with Gasteiger partial charge in [-0.05, 0) is 53.9 Å². The molecule has 0 saturated carbocycles. The Hall–Kier alpha value is -3.77. The second-order valence-corrected chi connectivity index (χ2v) is 12.1. The predicted octanol–water partition coefficient (Wildman–Crippen LogP) is 7.00. The van der Waals surface area contributed by atoms with Crippen LogP contribution in [0.5, 0.6) is 0 Å². The number of benzene rings is 3. The van der Waals surface area contributed by atoms with Crippen LogP contribution < -0.4 is 4.90 Å². The van der Waals surface area contributed by atoms with Gasteiger partial charge < -0.3 is 9.84 Å². The normalized spacial score (nSPS) is 16.2. The van der Waals surface area contributed by atoms with Gasteiger partial charge in [-0.25, -0.2) is 9.18 Å². The van der Waals surface area contributed by atoms with Crippen molar-refractivity contribution in [3.05, 3.63) is 110 Å². The lowest BCUT2D eigenvalue weighted by molar-refractivity contribution is -0.132. The minimum atomic E-state index is -1.14. The molecule has 1 N–H and O–H groups in total. The Balaban J connectivity index is 1.55. The van der Waals surface area contributed by atoms with Gasteiger partial charge in [0, 0.05) is 21.4 Å². The van der Waals surface area contributed by atoms with Crippen molar-refractivity contribution in [2.75, 3.05) is 12.0 Å². The Morgan fingerprint density at radius 3 is 2.45 bits per heavy atom. The van der Waals surface area contributed by atoms with E-state index in [0.29, 0.717) is 31.3 Å². The minimum absolute atomic E-state index is 0.0284. The van der Waals surface area contributed by atoms with Gasteiger partial charge in [0.2, 0.25) is 5.13 Å². The number of amides is 1. The quantitative estimate of drug-likeness (QED) is 0.0572. The number of aliphatic hydroxyl groups is 1. The molecule has 0 aliphatic carbocycles. The van der Waals surface area contributed by atoms with E-state index >= 15 is 0 Å². The van der Waals surface area contributed by atoms with Crippen LogP contribution in [0.1, 0.15) is 38.7 Å². The second kappa shape index (κ2) is 12.2. The van der Waals surface area contributed by atoms with E-state index in [9.17, 15) is 23.9 Å². The SMILES string of the molecule is COC(=O)c1ccc(C2/C(=C(/O)c3ccc(C)c(F)c3)C(=O)C(=O)N2c2nnc(SCc3ccc(Cl)cc3Cl)s2)cc1. The zero-order valence-corrected chi connectivity index (χ0v) is 25.1. The van der Waals surface area contributed by atoms with E-state index in [4.69, 9.17) is 27.9 Å². The third-order valence-corrected chi connectivity index (χ3v) is 9.20. The van der Waals surface area contributed by atoms with Crippen molar-refractivity contribution in [3.8, 4) is 0 Å². The number of nitrogens with zero attached hydrogens (tertiary/aromatic N) is 3. The number of ketones is 1. The fraction of sp³-hybridized carbons (Fsp3) is 0.138. The molecule has 8 nitrogen and oxygen atoms in total. The Bertz CT molecular complexity index is 1760. The fourth-order valence-corrected chi connectivity index (χ4v) is 6.72. The number of hydrogen-bond donors (Lipinski definition) is 1. The van der Waals surface area contributed by atoms with Crippen LogP contribution >= 0.6 is 46.3 Å². The summed E-state index contributed by atoms with van der Waals surface area (Å²) in [6, 6.07) is 14.1. The summed E-state index contributed by atoms with van der Waals surface area (Å²) in [6.45, 7) is 1.56. The average molecular weight is 645 g/mol. The highest BCUT2D eigenvalue weighted by atomic mass is 35.5. The highest BCUT2D eigenvalue weighted by Gasteiger charge is 2.48. The lowest BCUT2D eigenvalue weighted by atomic mass is 9.94. The number of esters is 1. The molecular formula is C29H20Cl2FN3O5S2. The number of halogens is 3. The first kappa shape index (κ1) is 29.7. The van der Waals surface area contributed by atoms with Crippen LogP contribution in [0.4, 0.5) is 9.52 Å². The number of Topliss-reactive ketones (excluding diaryl/α,β-unsaturated/α-hetero) is 1.